The van der Waals surface area contributed by atoms with E-state index in [1.54, 1.807) is 12.1 Å². The van der Waals surface area contributed by atoms with Crippen LogP contribution in [0.2, 0.25) is 0 Å². The molecule has 0 aliphatic carbocycles. The van der Waals surface area contributed by atoms with E-state index in [1.807, 2.05) is 0 Å². The molecule has 1 unspecified atom stereocenters. The van der Waals surface area contributed by atoms with E-state index in [0.29, 0.717) is 21.6 Å². The van der Waals surface area contributed by atoms with Gasteiger partial charge in [0.1, 0.15) is 5.75 Å². The van der Waals surface area contributed by atoms with Crippen LogP contribution in [0.1, 0.15) is 28.1 Å². The monoisotopic (exact) mass is 396 g/mol. The number of hydrogen-bond acceptors (Lipinski definition) is 4. The van der Waals surface area contributed by atoms with Crippen molar-refractivity contribution < 1.29 is 22.7 Å². The predicted molar refractivity (Wildman–Crippen MR) is 96.3 cm³/mol. The van der Waals surface area contributed by atoms with E-state index >= 15 is 0 Å². The molecular formula is C19H19F3N2O2S. The molecule has 1 aromatic carbocycles. The van der Waals surface area contributed by atoms with Crippen LogP contribution in [0.3, 0.4) is 0 Å². The Morgan fingerprint density at radius 2 is 1.81 bits per heavy atom. The zero-order valence-corrected chi connectivity index (χ0v) is 15.3. The molecule has 0 spiro atoms. The predicted octanol–water partition coefficient (Wildman–Crippen LogP) is 4.38. The van der Waals surface area contributed by atoms with Crippen molar-refractivity contribution in [3.8, 4) is 10.8 Å². The Labute approximate surface area is 158 Å². The maximum atomic E-state index is 12.6. The number of rotatable bonds is 4. The molecule has 2 bridgehead atoms. The number of piperidine rings is 3. The van der Waals surface area contributed by atoms with Gasteiger partial charge >= 0.3 is 6.18 Å². The van der Waals surface area contributed by atoms with Crippen LogP contribution in [-0.4, -0.2) is 36.5 Å². The van der Waals surface area contributed by atoms with E-state index in [0.717, 1.165) is 44.6 Å². The number of ether oxygens (including phenoxy) is 1. The largest absolute Gasteiger partial charge is 0.447 e. The highest BCUT2D eigenvalue weighted by molar-refractivity contribution is 7.15. The number of alkyl halides is 3. The second kappa shape index (κ2) is 7.16. The van der Waals surface area contributed by atoms with E-state index in [9.17, 15) is 18.0 Å². The second-order valence-electron chi connectivity index (χ2n) is 6.96. The van der Waals surface area contributed by atoms with Crippen molar-refractivity contribution in [2.24, 2.45) is 5.92 Å². The van der Waals surface area contributed by atoms with Crippen LogP contribution in [0.15, 0.2) is 36.4 Å². The number of nitrogens with one attached hydrogen (secondary N) is 1. The maximum absolute atomic E-state index is 12.6. The number of nitrogens with zero attached hydrogens (tertiary/aromatic N) is 1. The lowest BCUT2D eigenvalue weighted by Gasteiger charge is -2.44. The van der Waals surface area contributed by atoms with E-state index in [2.05, 4.69) is 10.2 Å². The average molecular weight is 396 g/mol. The molecule has 1 atom stereocenters. The Bertz CT molecular complexity index is 811. The number of thiophene rings is 1. The standard InChI is InChI=1S/C19H19F3N2O2S/c20-19(21,22)13-1-3-14(4-2-13)26-17-6-5-16(27-17)18(25)23-15-11-24-9-7-12(15)8-10-24/h1-6,12,15H,7-11H2,(H,23,25). The summed E-state index contributed by atoms with van der Waals surface area (Å²) in [5.74, 6) is 0.719. The van der Waals surface area contributed by atoms with Crippen molar-refractivity contribution in [3.63, 3.8) is 0 Å². The van der Waals surface area contributed by atoms with Crippen molar-refractivity contribution in [1.82, 2.24) is 10.2 Å². The molecule has 4 nitrogen and oxygen atoms in total. The highest BCUT2D eigenvalue weighted by atomic mass is 32.1. The topological polar surface area (TPSA) is 41.6 Å². The molecule has 0 saturated carbocycles. The fourth-order valence-electron chi connectivity index (χ4n) is 3.69. The molecule has 3 aliphatic heterocycles. The molecule has 4 heterocycles. The fraction of sp³-hybridized carbons (Fsp3) is 0.421. The first-order valence-corrected chi connectivity index (χ1v) is 9.68. The van der Waals surface area contributed by atoms with Gasteiger partial charge in [-0.25, -0.2) is 0 Å². The van der Waals surface area contributed by atoms with Crippen molar-refractivity contribution in [2.75, 3.05) is 19.6 Å². The third-order valence-corrected chi connectivity index (χ3v) is 6.14. The molecule has 8 heteroatoms. The molecule has 2 aromatic rings. The molecule has 5 rings (SSSR count). The van der Waals surface area contributed by atoms with Gasteiger partial charge in [-0.1, -0.05) is 11.3 Å². The molecule has 3 fully saturated rings. The van der Waals surface area contributed by atoms with E-state index in [-0.39, 0.29) is 11.9 Å². The van der Waals surface area contributed by atoms with Crippen molar-refractivity contribution in [3.05, 3.63) is 46.8 Å². The van der Waals surface area contributed by atoms with Crippen LogP contribution in [0.4, 0.5) is 13.2 Å². The van der Waals surface area contributed by atoms with Crippen LogP contribution in [0.5, 0.6) is 10.8 Å². The van der Waals surface area contributed by atoms with Crippen LogP contribution in [0.25, 0.3) is 0 Å². The third-order valence-electron chi connectivity index (χ3n) is 5.18. The first-order chi connectivity index (χ1) is 12.9. The lowest BCUT2D eigenvalue weighted by atomic mass is 9.84. The Morgan fingerprint density at radius 1 is 1.11 bits per heavy atom. The molecule has 1 amide bonds. The SMILES string of the molecule is O=C(NC1CN2CCC1CC2)c1ccc(Oc2ccc(C(F)(F)F)cc2)s1. The molecule has 3 saturated heterocycles. The summed E-state index contributed by atoms with van der Waals surface area (Å²) in [6, 6.07) is 8.02. The molecule has 27 heavy (non-hydrogen) atoms. The molecule has 3 aliphatic rings. The first kappa shape index (κ1) is 18.3. The summed E-state index contributed by atoms with van der Waals surface area (Å²) in [6.07, 6.45) is -2.13. The lowest BCUT2D eigenvalue weighted by Crippen LogP contribution is -2.57. The van der Waals surface area contributed by atoms with E-state index in [1.165, 1.54) is 23.5 Å². The minimum Gasteiger partial charge on any atom is -0.447 e. The van der Waals surface area contributed by atoms with Crippen LogP contribution >= 0.6 is 11.3 Å². The van der Waals surface area contributed by atoms with Gasteiger partial charge in [0.25, 0.3) is 5.91 Å². The first-order valence-electron chi connectivity index (χ1n) is 8.87. The summed E-state index contributed by atoms with van der Waals surface area (Å²) < 4.78 is 43.4. The van der Waals surface area contributed by atoms with Crippen LogP contribution < -0.4 is 10.1 Å². The zero-order chi connectivity index (χ0) is 19.0. The van der Waals surface area contributed by atoms with Gasteiger partial charge in [-0.2, -0.15) is 13.2 Å². The molecule has 0 radical (unpaired) electrons. The Kier molecular flexibility index (Phi) is 4.86. The minimum atomic E-state index is -4.37. The summed E-state index contributed by atoms with van der Waals surface area (Å²) in [6.45, 7) is 3.12. The molecule has 1 N–H and O–H groups in total. The number of benzene rings is 1. The highest BCUT2D eigenvalue weighted by Gasteiger charge is 2.35. The van der Waals surface area contributed by atoms with Crippen LogP contribution in [-0.2, 0) is 6.18 Å². The van der Waals surface area contributed by atoms with Gasteiger partial charge in [0.2, 0.25) is 0 Å². The molecule has 144 valence electrons. The summed E-state index contributed by atoms with van der Waals surface area (Å²) >= 11 is 1.18. The number of hydrogen-bond donors (Lipinski definition) is 1. The van der Waals surface area contributed by atoms with Gasteiger partial charge in [-0.15, -0.1) is 0 Å². The van der Waals surface area contributed by atoms with Crippen molar-refractivity contribution in [2.45, 2.75) is 25.1 Å². The summed E-state index contributed by atoms with van der Waals surface area (Å²) in [5, 5.41) is 3.58. The Morgan fingerprint density at radius 3 is 2.41 bits per heavy atom. The van der Waals surface area contributed by atoms with Gasteiger partial charge in [-0.3, -0.25) is 4.79 Å². The van der Waals surface area contributed by atoms with Crippen molar-refractivity contribution >= 4 is 17.2 Å². The highest BCUT2D eigenvalue weighted by Crippen LogP contribution is 2.34. The number of carbonyl (C=O) groups excluding carboxylic acids is 1. The van der Waals surface area contributed by atoms with Crippen molar-refractivity contribution in [1.29, 1.82) is 0 Å². The van der Waals surface area contributed by atoms with Gasteiger partial charge in [0.15, 0.2) is 5.06 Å². The van der Waals surface area contributed by atoms with E-state index in [4.69, 9.17) is 4.74 Å². The Hall–Kier alpha value is -2.06. The van der Waals surface area contributed by atoms with E-state index < -0.39 is 11.7 Å². The van der Waals surface area contributed by atoms with Gasteiger partial charge in [0, 0.05) is 12.6 Å². The maximum Gasteiger partial charge on any atom is 0.416 e. The number of fused-ring (bicyclic) bond motifs is 3. The van der Waals surface area contributed by atoms with Gasteiger partial charge in [-0.05, 0) is 68.2 Å². The Balaban J connectivity index is 1.37. The fourth-order valence-corrected chi connectivity index (χ4v) is 4.47. The quantitative estimate of drug-likeness (QED) is 0.834. The average Bonchev–Trinajstić information content (AvgIpc) is 3.11. The van der Waals surface area contributed by atoms with Gasteiger partial charge in [0.05, 0.1) is 10.4 Å². The molecule has 1 aromatic heterocycles. The second-order valence-corrected chi connectivity index (χ2v) is 8.01. The number of carbonyl (C=O) groups is 1. The number of amides is 1. The number of halogens is 3. The third kappa shape index (κ3) is 4.11. The smallest absolute Gasteiger partial charge is 0.416 e. The van der Waals surface area contributed by atoms with Crippen LogP contribution in [0, 0.1) is 5.92 Å². The summed E-state index contributed by atoms with van der Waals surface area (Å²) in [7, 11) is 0. The van der Waals surface area contributed by atoms with Gasteiger partial charge < -0.3 is 15.0 Å². The zero-order valence-electron chi connectivity index (χ0n) is 14.5. The lowest BCUT2D eigenvalue weighted by molar-refractivity contribution is -0.137. The minimum absolute atomic E-state index is 0.124. The molecular weight excluding hydrogens is 377 g/mol. The normalized spacial score (nSPS) is 24.6. The summed E-state index contributed by atoms with van der Waals surface area (Å²) in [5.41, 5.74) is -0.724. The summed E-state index contributed by atoms with van der Waals surface area (Å²) in [4.78, 5) is 15.4.